The Hall–Kier alpha value is -3.55. The van der Waals surface area contributed by atoms with Crippen LogP contribution >= 0.6 is 0 Å². The van der Waals surface area contributed by atoms with E-state index in [-0.39, 0.29) is 18.4 Å². The molecule has 0 radical (unpaired) electrons. The van der Waals surface area contributed by atoms with Crippen LogP contribution in [0.15, 0.2) is 48.5 Å². The van der Waals surface area contributed by atoms with Crippen LogP contribution in [0.3, 0.4) is 0 Å². The smallest absolute Gasteiger partial charge is 0.408 e. The van der Waals surface area contributed by atoms with E-state index in [2.05, 4.69) is 16.0 Å². The molecule has 8 heteroatoms. The van der Waals surface area contributed by atoms with Gasteiger partial charge in [0.2, 0.25) is 11.8 Å². The van der Waals surface area contributed by atoms with Crippen molar-refractivity contribution in [2.75, 3.05) is 24.3 Å². The number of methoxy groups -OCH3 is 1. The number of aryl methyl sites for hydroxylation is 1. The molecule has 0 heterocycles. The second-order valence-corrected chi connectivity index (χ2v) is 7.84. The van der Waals surface area contributed by atoms with Crippen molar-refractivity contribution in [1.29, 1.82) is 0 Å². The number of anilines is 2. The fourth-order valence-electron chi connectivity index (χ4n) is 2.69. The summed E-state index contributed by atoms with van der Waals surface area (Å²) in [4.78, 5) is 35.8. The number of benzene rings is 2. The normalized spacial score (nSPS) is 10.7. The highest BCUT2D eigenvalue weighted by Crippen LogP contribution is 2.19. The number of ether oxygens (including phenoxy) is 2. The van der Waals surface area contributed by atoms with Crippen molar-refractivity contribution in [3.05, 3.63) is 54.1 Å². The number of hydrogen-bond acceptors (Lipinski definition) is 5. The number of hydrogen-bond donors (Lipinski definition) is 3. The summed E-state index contributed by atoms with van der Waals surface area (Å²) in [6.45, 7) is 5.01. The van der Waals surface area contributed by atoms with Crippen molar-refractivity contribution < 1.29 is 23.9 Å². The fourth-order valence-corrected chi connectivity index (χ4v) is 2.69. The lowest BCUT2D eigenvalue weighted by Crippen LogP contribution is -2.37. The van der Waals surface area contributed by atoms with Gasteiger partial charge >= 0.3 is 6.09 Å². The molecule has 0 aliphatic carbocycles. The van der Waals surface area contributed by atoms with E-state index in [0.29, 0.717) is 24.2 Å². The van der Waals surface area contributed by atoms with Gasteiger partial charge in [-0.15, -0.1) is 0 Å². The zero-order valence-electron chi connectivity index (χ0n) is 18.3. The maximum absolute atomic E-state index is 12.2. The number of amides is 3. The van der Waals surface area contributed by atoms with Gasteiger partial charge in [0.05, 0.1) is 7.11 Å². The Labute approximate surface area is 182 Å². The predicted molar refractivity (Wildman–Crippen MR) is 119 cm³/mol. The Balaban J connectivity index is 1.77. The van der Waals surface area contributed by atoms with Crippen molar-refractivity contribution in [1.82, 2.24) is 5.32 Å². The summed E-state index contributed by atoms with van der Waals surface area (Å²) in [5, 5.41) is 7.88. The molecular weight excluding hydrogens is 398 g/mol. The van der Waals surface area contributed by atoms with E-state index >= 15 is 0 Å². The second kappa shape index (κ2) is 11.0. The highest BCUT2D eigenvalue weighted by atomic mass is 16.6. The van der Waals surface area contributed by atoms with Crippen LogP contribution in [-0.4, -0.2) is 37.2 Å². The Morgan fingerprint density at radius 3 is 2.03 bits per heavy atom. The van der Waals surface area contributed by atoms with Gasteiger partial charge < -0.3 is 25.4 Å². The number of rotatable bonds is 8. The van der Waals surface area contributed by atoms with Gasteiger partial charge in [-0.25, -0.2) is 4.79 Å². The molecule has 0 aliphatic rings. The molecule has 2 aromatic rings. The number of carbonyl (C=O) groups is 3. The molecule has 2 aromatic carbocycles. The van der Waals surface area contributed by atoms with Crippen molar-refractivity contribution in [3.63, 3.8) is 0 Å². The van der Waals surface area contributed by atoms with Crippen molar-refractivity contribution in [2.45, 2.75) is 39.2 Å². The maximum Gasteiger partial charge on any atom is 0.408 e. The van der Waals surface area contributed by atoms with Gasteiger partial charge in [0.1, 0.15) is 17.9 Å². The van der Waals surface area contributed by atoms with E-state index in [1.807, 2.05) is 24.3 Å². The Morgan fingerprint density at radius 1 is 0.871 bits per heavy atom. The molecule has 3 N–H and O–H groups in total. The molecule has 166 valence electrons. The van der Waals surface area contributed by atoms with Crippen LogP contribution in [0.5, 0.6) is 5.75 Å². The molecule has 0 saturated heterocycles. The third-order valence-corrected chi connectivity index (χ3v) is 4.06. The largest absolute Gasteiger partial charge is 0.496 e. The Morgan fingerprint density at radius 2 is 1.45 bits per heavy atom. The van der Waals surface area contributed by atoms with Crippen LogP contribution in [-0.2, 0) is 20.7 Å². The quantitative estimate of drug-likeness (QED) is 0.595. The molecule has 8 nitrogen and oxygen atoms in total. The third-order valence-electron chi connectivity index (χ3n) is 4.06. The van der Waals surface area contributed by atoms with Gasteiger partial charge in [-0.05, 0) is 63.1 Å². The summed E-state index contributed by atoms with van der Waals surface area (Å²) in [6, 6.07) is 14.3. The van der Waals surface area contributed by atoms with Gasteiger partial charge in [-0.2, -0.15) is 0 Å². The first-order valence-electron chi connectivity index (χ1n) is 9.95. The predicted octanol–water partition coefficient (Wildman–Crippen LogP) is 3.73. The minimum absolute atomic E-state index is 0.121. The van der Waals surface area contributed by atoms with Crippen LogP contribution in [0.4, 0.5) is 16.2 Å². The molecule has 2 rings (SSSR count). The van der Waals surface area contributed by atoms with Crippen LogP contribution in [0.1, 0.15) is 32.8 Å². The van der Waals surface area contributed by atoms with Crippen molar-refractivity contribution in [2.24, 2.45) is 0 Å². The lowest BCUT2D eigenvalue weighted by molar-refractivity contribution is -0.116. The van der Waals surface area contributed by atoms with Crippen LogP contribution in [0.25, 0.3) is 0 Å². The minimum atomic E-state index is -0.658. The first-order valence-corrected chi connectivity index (χ1v) is 9.95. The van der Waals surface area contributed by atoms with E-state index in [9.17, 15) is 14.4 Å². The van der Waals surface area contributed by atoms with E-state index in [4.69, 9.17) is 9.47 Å². The minimum Gasteiger partial charge on any atom is -0.496 e. The molecule has 0 fully saturated rings. The number of alkyl carbamates (subject to hydrolysis) is 1. The van der Waals surface area contributed by atoms with E-state index in [0.717, 1.165) is 11.3 Å². The number of carbonyl (C=O) groups excluding carboxylic acids is 3. The molecule has 0 unspecified atom stereocenters. The molecule has 0 spiro atoms. The second-order valence-electron chi connectivity index (χ2n) is 7.84. The average molecular weight is 428 g/mol. The maximum atomic E-state index is 12.2. The Kier molecular flexibility index (Phi) is 8.43. The fraction of sp³-hybridized carbons (Fsp3) is 0.348. The molecule has 0 aliphatic heterocycles. The Bertz CT molecular complexity index is 904. The standard InChI is InChI=1S/C23H29N3O5/c1-23(2,3)31-22(29)24-15-21(28)26-18-12-10-17(11-13-18)25-20(27)14-9-16-7-5-6-8-19(16)30-4/h5-8,10-13H,9,14-15H2,1-4H3,(H,24,29)(H,25,27)(H,26,28). The highest BCUT2D eigenvalue weighted by Gasteiger charge is 2.16. The van der Waals surface area contributed by atoms with Crippen molar-refractivity contribution >= 4 is 29.3 Å². The van der Waals surface area contributed by atoms with Crippen LogP contribution in [0.2, 0.25) is 0 Å². The SMILES string of the molecule is COc1ccccc1CCC(=O)Nc1ccc(NC(=O)CNC(=O)OC(C)(C)C)cc1. The topological polar surface area (TPSA) is 106 Å². The molecule has 0 bridgehead atoms. The molecule has 31 heavy (non-hydrogen) atoms. The van der Waals surface area contributed by atoms with Crippen LogP contribution < -0.4 is 20.7 Å². The van der Waals surface area contributed by atoms with Gasteiger partial charge in [0.15, 0.2) is 0 Å². The van der Waals surface area contributed by atoms with Crippen LogP contribution in [0, 0.1) is 0 Å². The monoisotopic (exact) mass is 427 g/mol. The summed E-state index contributed by atoms with van der Waals surface area (Å²) < 4.78 is 10.4. The van der Waals surface area contributed by atoms with E-state index in [1.165, 1.54) is 0 Å². The number of para-hydroxylation sites is 1. The summed E-state index contributed by atoms with van der Waals surface area (Å²) in [6.07, 6.45) is 0.220. The van der Waals surface area contributed by atoms with Crippen molar-refractivity contribution in [3.8, 4) is 5.75 Å². The molecular formula is C23H29N3O5. The van der Waals surface area contributed by atoms with Gasteiger partial charge in [0.25, 0.3) is 0 Å². The summed E-state index contributed by atoms with van der Waals surface area (Å²) in [5.74, 6) is 0.250. The molecule has 3 amide bonds. The highest BCUT2D eigenvalue weighted by molar-refractivity contribution is 5.95. The summed E-state index contributed by atoms with van der Waals surface area (Å²) in [7, 11) is 1.60. The lowest BCUT2D eigenvalue weighted by Gasteiger charge is -2.19. The first kappa shape index (κ1) is 23.7. The third kappa shape index (κ3) is 8.77. The summed E-state index contributed by atoms with van der Waals surface area (Å²) >= 11 is 0. The molecule has 0 atom stereocenters. The van der Waals surface area contributed by atoms with Gasteiger partial charge in [-0.1, -0.05) is 18.2 Å². The zero-order valence-corrected chi connectivity index (χ0v) is 18.3. The first-order chi connectivity index (χ1) is 14.7. The number of nitrogens with one attached hydrogen (secondary N) is 3. The van der Waals surface area contributed by atoms with E-state index < -0.39 is 11.7 Å². The van der Waals surface area contributed by atoms with E-state index in [1.54, 1.807) is 52.1 Å². The summed E-state index contributed by atoms with van der Waals surface area (Å²) in [5.41, 5.74) is 1.50. The zero-order chi connectivity index (χ0) is 22.9. The van der Waals surface area contributed by atoms with Gasteiger partial charge in [0, 0.05) is 17.8 Å². The molecule has 0 aromatic heterocycles. The molecule has 0 saturated carbocycles. The average Bonchev–Trinajstić information content (AvgIpc) is 2.71. The van der Waals surface area contributed by atoms with Gasteiger partial charge in [-0.3, -0.25) is 9.59 Å². The lowest BCUT2D eigenvalue weighted by atomic mass is 10.1.